The zero-order valence-corrected chi connectivity index (χ0v) is 9.49. The number of rotatable bonds is 7. The third-order valence-electron chi connectivity index (χ3n) is 1.89. The molecule has 0 unspecified atom stereocenters. The standard InChI is InChI=1S/C9H17N5O2/c1-3-16-5-4-11-8-7(15-2)9(14-10)13-6-12-8/h6H,3-5,10H2,1-2H3,(H2,11,12,13,14). The molecule has 0 amide bonds. The van der Waals surface area contributed by atoms with Crippen LogP contribution in [0.2, 0.25) is 0 Å². The van der Waals surface area contributed by atoms with Crippen molar-refractivity contribution in [2.75, 3.05) is 37.6 Å². The maximum Gasteiger partial charge on any atom is 0.205 e. The van der Waals surface area contributed by atoms with Gasteiger partial charge in [0.05, 0.1) is 13.7 Å². The third-order valence-corrected chi connectivity index (χ3v) is 1.89. The molecule has 7 nitrogen and oxygen atoms in total. The van der Waals surface area contributed by atoms with Crippen LogP contribution in [-0.2, 0) is 4.74 Å². The largest absolute Gasteiger partial charge is 0.490 e. The van der Waals surface area contributed by atoms with Gasteiger partial charge in [-0.2, -0.15) is 0 Å². The average Bonchev–Trinajstić information content (AvgIpc) is 2.34. The highest BCUT2D eigenvalue weighted by Crippen LogP contribution is 2.27. The summed E-state index contributed by atoms with van der Waals surface area (Å²) >= 11 is 0. The molecule has 16 heavy (non-hydrogen) atoms. The quantitative estimate of drug-likeness (QED) is 0.348. The predicted molar refractivity (Wildman–Crippen MR) is 61.4 cm³/mol. The zero-order valence-electron chi connectivity index (χ0n) is 9.49. The summed E-state index contributed by atoms with van der Waals surface area (Å²) in [5.41, 5.74) is 2.44. The van der Waals surface area contributed by atoms with Gasteiger partial charge < -0.3 is 20.2 Å². The Morgan fingerprint density at radius 1 is 1.38 bits per heavy atom. The number of nitrogens with two attached hydrogens (primary N) is 1. The summed E-state index contributed by atoms with van der Waals surface area (Å²) in [6, 6.07) is 0. The number of hydrazine groups is 1. The minimum Gasteiger partial charge on any atom is -0.490 e. The number of nitrogens with zero attached hydrogens (tertiary/aromatic N) is 2. The van der Waals surface area contributed by atoms with Crippen molar-refractivity contribution in [1.29, 1.82) is 0 Å². The van der Waals surface area contributed by atoms with Gasteiger partial charge in [-0.15, -0.1) is 0 Å². The van der Waals surface area contributed by atoms with Crippen molar-refractivity contribution < 1.29 is 9.47 Å². The van der Waals surface area contributed by atoms with E-state index < -0.39 is 0 Å². The molecule has 1 aromatic heterocycles. The van der Waals surface area contributed by atoms with Crippen LogP contribution in [0.5, 0.6) is 5.75 Å². The molecule has 0 bridgehead atoms. The van der Waals surface area contributed by atoms with Gasteiger partial charge in [0.2, 0.25) is 5.75 Å². The number of nitrogen functional groups attached to an aromatic ring is 1. The van der Waals surface area contributed by atoms with E-state index in [1.54, 1.807) is 0 Å². The zero-order chi connectivity index (χ0) is 11.8. The Bertz CT molecular complexity index is 321. The second kappa shape index (κ2) is 6.81. The number of ether oxygens (including phenoxy) is 2. The molecule has 1 heterocycles. The van der Waals surface area contributed by atoms with Crippen molar-refractivity contribution >= 4 is 11.6 Å². The van der Waals surface area contributed by atoms with Crippen LogP contribution in [0.4, 0.5) is 11.6 Å². The second-order valence-corrected chi connectivity index (χ2v) is 2.87. The van der Waals surface area contributed by atoms with E-state index in [4.69, 9.17) is 15.3 Å². The Morgan fingerprint density at radius 3 is 2.75 bits per heavy atom. The molecule has 7 heteroatoms. The maximum absolute atomic E-state index is 5.30. The molecule has 0 fully saturated rings. The number of methoxy groups -OCH3 is 1. The maximum atomic E-state index is 5.30. The van der Waals surface area contributed by atoms with Gasteiger partial charge in [-0.1, -0.05) is 0 Å². The van der Waals surface area contributed by atoms with E-state index >= 15 is 0 Å². The molecule has 1 rings (SSSR count). The highest BCUT2D eigenvalue weighted by atomic mass is 16.5. The Hall–Kier alpha value is -1.60. The van der Waals surface area contributed by atoms with Crippen LogP contribution in [0, 0.1) is 0 Å². The molecule has 0 aliphatic rings. The summed E-state index contributed by atoms with van der Waals surface area (Å²) in [7, 11) is 1.53. The van der Waals surface area contributed by atoms with E-state index in [-0.39, 0.29) is 0 Å². The minimum atomic E-state index is 0.441. The average molecular weight is 227 g/mol. The normalized spacial score (nSPS) is 9.94. The molecular formula is C9H17N5O2. The summed E-state index contributed by atoms with van der Waals surface area (Å²) < 4.78 is 10.4. The van der Waals surface area contributed by atoms with Crippen molar-refractivity contribution in [3.05, 3.63) is 6.33 Å². The van der Waals surface area contributed by atoms with E-state index in [1.165, 1.54) is 13.4 Å². The first-order valence-corrected chi connectivity index (χ1v) is 5.00. The molecule has 90 valence electrons. The van der Waals surface area contributed by atoms with Crippen LogP contribution in [0.3, 0.4) is 0 Å². The first-order chi connectivity index (χ1) is 7.83. The lowest BCUT2D eigenvalue weighted by Crippen LogP contribution is -2.14. The lowest BCUT2D eigenvalue weighted by atomic mass is 10.4. The van der Waals surface area contributed by atoms with E-state index in [0.29, 0.717) is 37.1 Å². The van der Waals surface area contributed by atoms with E-state index in [1.807, 2.05) is 6.92 Å². The number of aromatic nitrogens is 2. The lowest BCUT2D eigenvalue weighted by Gasteiger charge is -2.12. The molecule has 4 N–H and O–H groups in total. The molecule has 0 saturated carbocycles. The minimum absolute atomic E-state index is 0.441. The van der Waals surface area contributed by atoms with Gasteiger partial charge in [-0.25, -0.2) is 15.8 Å². The first kappa shape index (κ1) is 12.5. The first-order valence-electron chi connectivity index (χ1n) is 5.00. The smallest absolute Gasteiger partial charge is 0.205 e. The summed E-state index contributed by atoms with van der Waals surface area (Å²) in [4.78, 5) is 7.99. The Labute approximate surface area is 94.3 Å². The molecule has 0 aromatic carbocycles. The van der Waals surface area contributed by atoms with Gasteiger partial charge in [-0.05, 0) is 6.92 Å². The van der Waals surface area contributed by atoms with Crippen LogP contribution in [0.15, 0.2) is 6.33 Å². The number of anilines is 2. The lowest BCUT2D eigenvalue weighted by molar-refractivity contribution is 0.158. The van der Waals surface area contributed by atoms with E-state index in [9.17, 15) is 0 Å². The fraction of sp³-hybridized carbons (Fsp3) is 0.556. The van der Waals surface area contributed by atoms with Crippen molar-refractivity contribution in [3.63, 3.8) is 0 Å². The molecule has 0 radical (unpaired) electrons. The van der Waals surface area contributed by atoms with Crippen LogP contribution in [0.25, 0.3) is 0 Å². The Kier molecular flexibility index (Phi) is 5.30. The topological polar surface area (TPSA) is 94.3 Å². The van der Waals surface area contributed by atoms with Gasteiger partial charge in [-0.3, -0.25) is 0 Å². The van der Waals surface area contributed by atoms with Gasteiger partial charge in [0, 0.05) is 13.2 Å². The summed E-state index contributed by atoms with van der Waals surface area (Å²) in [6.07, 6.45) is 1.40. The third kappa shape index (κ3) is 3.21. The molecule has 0 aliphatic carbocycles. The van der Waals surface area contributed by atoms with Crippen LogP contribution in [0.1, 0.15) is 6.92 Å². The highest BCUT2D eigenvalue weighted by Gasteiger charge is 2.10. The number of hydrogen-bond donors (Lipinski definition) is 3. The molecule has 0 saturated heterocycles. The monoisotopic (exact) mass is 227 g/mol. The second-order valence-electron chi connectivity index (χ2n) is 2.87. The summed E-state index contributed by atoms with van der Waals surface area (Å²) in [5, 5.41) is 3.08. The van der Waals surface area contributed by atoms with E-state index in [0.717, 1.165) is 0 Å². The SMILES string of the molecule is CCOCCNc1ncnc(NN)c1OC. The molecule has 0 spiro atoms. The fourth-order valence-electron chi connectivity index (χ4n) is 1.18. The number of hydrogen-bond acceptors (Lipinski definition) is 7. The molecule has 0 atom stereocenters. The van der Waals surface area contributed by atoms with Gasteiger partial charge in [0.25, 0.3) is 0 Å². The Morgan fingerprint density at radius 2 is 2.12 bits per heavy atom. The predicted octanol–water partition coefficient (Wildman–Crippen LogP) is 0.219. The van der Waals surface area contributed by atoms with Crippen molar-refractivity contribution in [2.24, 2.45) is 5.84 Å². The summed E-state index contributed by atoms with van der Waals surface area (Å²) in [5.74, 6) is 6.82. The van der Waals surface area contributed by atoms with Gasteiger partial charge >= 0.3 is 0 Å². The van der Waals surface area contributed by atoms with Gasteiger partial charge in [0.1, 0.15) is 6.33 Å². The van der Waals surface area contributed by atoms with Crippen molar-refractivity contribution in [1.82, 2.24) is 9.97 Å². The van der Waals surface area contributed by atoms with Crippen molar-refractivity contribution in [2.45, 2.75) is 6.92 Å². The highest BCUT2D eigenvalue weighted by molar-refractivity contribution is 5.62. The summed E-state index contributed by atoms with van der Waals surface area (Å²) in [6.45, 7) is 3.89. The molecule has 1 aromatic rings. The fourth-order valence-corrected chi connectivity index (χ4v) is 1.18. The van der Waals surface area contributed by atoms with Crippen molar-refractivity contribution in [3.8, 4) is 5.75 Å². The van der Waals surface area contributed by atoms with Crippen LogP contribution >= 0.6 is 0 Å². The Balaban J connectivity index is 2.63. The van der Waals surface area contributed by atoms with Crippen LogP contribution < -0.4 is 21.3 Å². The molecular weight excluding hydrogens is 210 g/mol. The number of nitrogens with one attached hydrogen (secondary N) is 2. The van der Waals surface area contributed by atoms with Crippen LogP contribution in [-0.4, -0.2) is 36.8 Å². The van der Waals surface area contributed by atoms with Gasteiger partial charge in [0.15, 0.2) is 11.6 Å². The van der Waals surface area contributed by atoms with E-state index in [2.05, 4.69) is 20.7 Å². The molecule has 0 aliphatic heterocycles.